The number of amides is 1. The molecule has 1 aromatic carbocycles. The van der Waals surface area contributed by atoms with Crippen LogP contribution in [0.3, 0.4) is 0 Å². The summed E-state index contributed by atoms with van der Waals surface area (Å²) >= 11 is -0.0443. The van der Waals surface area contributed by atoms with Crippen LogP contribution in [-0.4, -0.2) is 39.3 Å². The quantitative estimate of drug-likeness (QED) is 0.768. The molecule has 1 amide bonds. The average molecular weight is 366 g/mol. The number of fused-ring (bicyclic) bond motifs is 2. The Bertz CT molecular complexity index is 774. The molecule has 114 valence electrons. The zero-order valence-electron chi connectivity index (χ0n) is 11.7. The molecule has 3 N–H and O–H groups in total. The number of carbonyl (C=O) groups excluding carboxylic acids is 1. The van der Waals surface area contributed by atoms with E-state index in [4.69, 9.17) is 19.9 Å². The van der Waals surface area contributed by atoms with Crippen molar-refractivity contribution in [2.45, 2.75) is 12.3 Å². The van der Waals surface area contributed by atoms with Crippen LogP contribution < -0.4 is 25.3 Å². The summed E-state index contributed by atoms with van der Waals surface area (Å²) in [5, 5.41) is 2.79. The van der Waals surface area contributed by atoms with Gasteiger partial charge in [0.15, 0.2) is 0 Å². The fraction of sp³-hybridized carbons (Fsp3) is 0.286. The van der Waals surface area contributed by atoms with Crippen molar-refractivity contribution in [2.24, 2.45) is 0 Å². The van der Waals surface area contributed by atoms with Crippen molar-refractivity contribution in [3.05, 3.63) is 22.1 Å². The number of nitrogens with two attached hydrogens (primary N) is 1. The molecule has 2 aromatic rings. The molecule has 3 heterocycles. The summed E-state index contributed by atoms with van der Waals surface area (Å²) in [4.78, 5) is 16.2. The molecule has 2 aliphatic heterocycles. The summed E-state index contributed by atoms with van der Waals surface area (Å²) in [6.07, 6.45) is 0.367. The molecule has 0 radical (unpaired) electrons. The number of rotatable bonds is 2. The van der Waals surface area contributed by atoms with Crippen LogP contribution in [0.1, 0.15) is 22.3 Å². The first-order chi connectivity index (χ1) is 10.7. The zero-order chi connectivity index (χ0) is 15.3. The number of ether oxygens (including phenoxy) is 3. The number of nitrogens with zero attached hydrogens (tertiary/aromatic N) is 1. The summed E-state index contributed by atoms with van der Waals surface area (Å²) in [6, 6.07) is 3.80. The van der Waals surface area contributed by atoms with Gasteiger partial charge in [-0.15, -0.1) is 0 Å². The second-order valence-electron chi connectivity index (χ2n) is 5.03. The van der Waals surface area contributed by atoms with Gasteiger partial charge in [0, 0.05) is 0 Å². The molecule has 7 nitrogen and oxygen atoms in total. The number of methoxy groups -OCH3 is 1. The number of benzene rings is 1. The summed E-state index contributed by atoms with van der Waals surface area (Å²) in [6.45, 7) is 0.175. The van der Waals surface area contributed by atoms with Crippen LogP contribution in [0.2, 0.25) is 0 Å². The van der Waals surface area contributed by atoms with Crippen molar-refractivity contribution in [3.63, 3.8) is 0 Å². The van der Waals surface area contributed by atoms with Crippen molar-refractivity contribution >= 4 is 30.9 Å². The van der Waals surface area contributed by atoms with E-state index < -0.39 is 0 Å². The standard InChI is InChI=1S/C14H13N3O4Se/c1-19-8-2-6(3-9-11(8)21-5-20-9)7-4-10(18)16-13-12(7)22-14(15)17-13/h2-3,7H,4-5H2,1H3,(H2,15,17)(H,16,18). The van der Waals surface area contributed by atoms with Gasteiger partial charge in [0.2, 0.25) is 0 Å². The van der Waals surface area contributed by atoms with Gasteiger partial charge in [-0.05, 0) is 0 Å². The van der Waals surface area contributed by atoms with Gasteiger partial charge < -0.3 is 0 Å². The average Bonchev–Trinajstić information content (AvgIpc) is 3.10. The summed E-state index contributed by atoms with van der Waals surface area (Å²) in [5.74, 6) is 2.34. The maximum atomic E-state index is 11.9. The van der Waals surface area contributed by atoms with Crippen LogP contribution in [-0.2, 0) is 4.79 Å². The molecular weight excluding hydrogens is 353 g/mol. The Morgan fingerprint density at radius 2 is 2.32 bits per heavy atom. The van der Waals surface area contributed by atoms with E-state index in [2.05, 4.69) is 10.3 Å². The molecule has 1 atom stereocenters. The van der Waals surface area contributed by atoms with Gasteiger partial charge in [-0.1, -0.05) is 0 Å². The molecule has 22 heavy (non-hydrogen) atoms. The Morgan fingerprint density at radius 1 is 1.45 bits per heavy atom. The third-order valence-electron chi connectivity index (χ3n) is 3.72. The zero-order valence-corrected chi connectivity index (χ0v) is 13.4. The summed E-state index contributed by atoms with van der Waals surface area (Å²) in [7, 11) is 1.58. The molecule has 0 fully saturated rings. The second-order valence-corrected chi connectivity index (χ2v) is 7.26. The summed E-state index contributed by atoms with van der Waals surface area (Å²) in [5.41, 5.74) is 6.80. The predicted molar refractivity (Wildman–Crippen MR) is 79.8 cm³/mol. The van der Waals surface area contributed by atoms with Gasteiger partial charge in [0.25, 0.3) is 0 Å². The number of nitrogens with one attached hydrogen (secondary N) is 1. The van der Waals surface area contributed by atoms with Crippen molar-refractivity contribution in [1.82, 2.24) is 4.98 Å². The molecular formula is C14H13N3O4Se. The van der Waals surface area contributed by atoms with Crippen LogP contribution in [0.15, 0.2) is 12.1 Å². The fourth-order valence-corrected chi connectivity index (χ4v) is 4.68. The number of hydrogen-bond donors (Lipinski definition) is 2. The normalized spacial score (nSPS) is 18.8. The maximum absolute atomic E-state index is 11.9. The van der Waals surface area contributed by atoms with E-state index in [0.717, 1.165) is 10.0 Å². The summed E-state index contributed by atoms with van der Waals surface area (Å²) < 4.78 is 17.9. The second kappa shape index (κ2) is 4.93. The van der Waals surface area contributed by atoms with E-state index >= 15 is 0 Å². The number of nitrogen functional groups attached to an aromatic ring is 1. The van der Waals surface area contributed by atoms with Gasteiger partial charge in [0.1, 0.15) is 0 Å². The van der Waals surface area contributed by atoms with E-state index in [1.54, 1.807) is 7.11 Å². The van der Waals surface area contributed by atoms with Crippen LogP contribution in [0, 0.1) is 0 Å². The number of hydrogen-bond acceptors (Lipinski definition) is 6. The van der Waals surface area contributed by atoms with Crippen molar-refractivity contribution in [1.29, 1.82) is 0 Å². The van der Waals surface area contributed by atoms with Crippen LogP contribution in [0.25, 0.3) is 0 Å². The third kappa shape index (κ3) is 2.03. The van der Waals surface area contributed by atoms with Gasteiger partial charge in [-0.25, -0.2) is 0 Å². The van der Waals surface area contributed by atoms with Crippen LogP contribution >= 0.6 is 0 Å². The minimum atomic E-state index is -0.0605. The molecule has 1 unspecified atom stereocenters. The van der Waals surface area contributed by atoms with Crippen LogP contribution in [0.5, 0.6) is 17.2 Å². The van der Waals surface area contributed by atoms with E-state index in [1.165, 1.54) is 0 Å². The number of anilines is 2. The Labute approximate surface area is 132 Å². The first-order valence-corrected chi connectivity index (χ1v) is 8.40. The molecule has 2 aliphatic rings. The number of aromatic nitrogens is 1. The van der Waals surface area contributed by atoms with Gasteiger partial charge in [0.05, 0.1) is 0 Å². The topological polar surface area (TPSA) is 95.7 Å². The van der Waals surface area contributed by atoms with E-state index in [9.17, 15) is 4.79 Å². The fourth-order valence-electron chi connectivity index (χ4n) is 2.76. The van der Waals surface area contributed by atoms with Crippen LogP contribution in [0.4, 0.5) is 10.5 Å². The van der Waals surface area contributed by atoms with Gasteiger partial charge >= 0.3 is 132 Å². The van der Waals surface area contributed by atoms with E-state index in [0.29, 0.717) is 34.2 Å². The van der Waals surface area contributed by atoms with Crippen molar-refractivity contribution in [3.8, 4) is 17.2 Å². The van der Waals surface area contributed by atoms with Crippen molar-refractivity contribution < 1.29 is 19.0 Å². The molecule has 1 aromatic heterocycles. The molecule has 0 saturated carbocycles. The first-order valence-electron chi connectivity index (χ1n) is 6.69. The molecule has 4 rings (SSSR count). The SMILES string of the molecule is COc1cc(C2CC(=O)Nc3nc(N)[se]c32)cc2c1OCO2. The Balaban J connectivity index is 1.84. The minimum absolute atomic E-state index is 0.0443. The Morgan fingerprint density at radius 3 is 3.14 bits per heavy atom. The van der Waals surface area contributed by atoms with Crippen molar-refractivity contribution in [2.75, 3.05) is 25.0 Å². The molecule has 0 saturated heterocycles. The Kier molecular flexibility index (Phi) is 3.02. The number of carbonyl (C=O) groups is 1. The molecule has 0 aliphatic carbocycles. The first kappa shape index (κ1) is 13.5. The Hall–Kier alpha value is -2.18. The predicted octanol–water partition coefficient (Wildman–Crippen LogP) is 0.932. The van der Waals surface area contributed by atoms with Gasteiger partial charge in [-0.2, -0.15) is 0 Å². The monoisotopic (exact) mass is 367 g/mol. The van der Waals surface area contributed by atoms with E-state index in [-0.39, 0.29) is 33.1 Å². The molecule has 0 spiro atoms. The van der Waals surface area contributed by atoms with E-state index in [1.807, 2.05) is 12.1 Å². The van der Waals surface area contributed by atoms with Gasteiger partial charge in [-0.3, -0.25) is 0 Å². The third-order valence-corrected chi connectivity index (χ3v) is 5.81. The molecule has 8 heteroatoms. The molecule has 0 bridgehead atoms.